The summed E-state index contributed by atoms with van der Waals surface area (Å²) in [6, 6.07) is 0.260. The fraction of sp³-hybridized carbons (Fsp3) is 0.500. The first kappa shape index (κ1) is 22.3. The Morgan fingerprint density at radius 1 is 1.24 bits per heavy atom. The highest BCUT2D eigenvalue weighted by Gasteiger charge is 2.74. The van der Waals surface area contributed by atoms with E-state index >= 15 is 0 Å². The van der Waals surface area contributed by atoms with Crippen molar-refractivity contribution in [3.63, 3.8) is 0 Å². The van der Waals surface area contributed by atoms with Crippen LogP contribution in [0, 0.1) is 0 Å². The van der Waals surface area contributed by atoms with Crippen LogP contribution in [0.5, 0.6) is 0 Å². The van der Waals surface area contributed by atoms with Crippen molar-refractivity contribution in [3.05, 3.63) is 34.9 Å². The maximum Gasteiger partial charge on any atom is 0.331 e. The number of carboxylic acid groups (broad SMARTS) is 1. The third-order valence-electron chi connectivity index (χ3n) is 6.98. The van der Waals surface area contributed by atoms with Gasteiger partial charge in [0, 0.05) is 24.9 Å². The largest absolute Gasteiger partial charge is 0.480 e. The van der Waals surface area contributed by atoms with Gasteiger partial charge in [0.05, 0.1) is 0 Å². The molecule has 4 atom stereocenters. The number of aryl methyl sites for hydroxylation is 1. The molecular formula is C20H23F2N7O5. The second-order valence-electron chi connectivity index (χ2n) is 8.96. The van der Waals surface area contributed by atoms with Crippen LogP contribution in [-0.4, -0.2) is 86.1 Å². The zero-order valence-electron chi connectivity index (χ0n) is 17.7. The minimum atomic E-state index is -2.96. The molecular weight excluding hydrogens is 456 g/mol. The maximum atomic E-state index is 14.1. The molecule has 34 heavy (non-hydrogen) atoms. The quantitative estimate of drug-likeness (QED) is 0.232. The van der Waals surface area contributed by atoms with Gasteiger partial charge in [-0.05, 0) is 23.6 Å². The number of aliphatic imine (C=N–C) groups is 2. The number of amides is 1. The number of aliphatic hydroxyl groups is 2. The van der Waals surface area contributed by atoms with Crippen LogP contribution in [0.2, 0.25) is 0 Å². The molecule has 5 rings (SSSR count). The molecule has 0 bridgehead atoms. The number of guanidine groups is 2. The number of benzene rings is 1. The van der Waals surface area contributed by atoms with E-state index in [9.17, 15) is 33.7 Å². The molecule has 0 unspecified atom stereocenters. The van der Waals surface area contributed by atoms with Crippen LogP contribution >= 0.6 is 0 Å². The molecule has 1 aromatic carbocycles. The highest BCUT2D eigenvalue weighted by Crippen LogP contribution is 2.45. The van der Waals surface area contributed by atoms with Gasteiger partial charge in [-0.2, -0.15) is 0 Å². The fourth-order valence-corrected chi connectivity index (χ4v) is 5.38. The van der Waals surface area contributed by atoms with Gasteiger partial charge in [0.1, 0.15) is 12.1 Å². The van der Waals surface area contributed by atoms with E-state index in [4.69, 9.17) is 11.5 Å². The van der Waals surface area contributed by atoms with Gasteiger partial charge in [0.2, 0.25) is 5.79 Å². The summed E-state index contributed by atoms with van der Waals surface area (Å²) >= 11 is 0. The Kier molecular flexibility index (Phi) is 4.58. The lowest BCUT2D eigenvalue weighted by Gasteiger charge is -2.48. The van der Waals surface area contributed by atoms with Gasteiger partial charge in [-0.25, -0.2) is 23.6 Å². The highest BCUT2D eigenvalue weighted by atomic mass is 19.3. The van der Waals surface area contributed by atoms with Gasteiger partial charge in [0.15, 0.2) is 23.6 Å². The smallest absolute Gasteiger partial charge is 0.331 e. The highest BCUT2D eigenvalue weighted by molar-refractivity contribution is 5.97. The summed E-state index contributed by atoms with van der Waals surface area (Å²) in [5.41, 5.74) is 10.5. The Hall–Kier alpha value is -3.52. The molecule has 1 aromatic rings. The van der Waals surface area contributed by atoms with E-state index < -0.39 is 53.8 Å². The summed E-state index contributed by atoms with van der Waals surface area (Å²) in [6.45, 7) is -0.294. The summed E-state index contributed by atoms with van der Waals surface area (Å²) in [6.07, 6.45) is -0.817. The second-order valence-corrected chi connectivity index (χ2v) is 8.96. The van der Waals surface area contributed by atoms with Crippen LogP contribution < -0.4 is 22.1 Å². The number of carbonyl (C=O) groups is 2. The molecule has 3 aliphatic heterocycles. The van der Waals surface area contributed by atoms with Crippen LogP contribution in [0.25, 0.3) is 0 Å². The van der Waals surface area contributed by atoms with Crippen molar-refractivity contribution >= 4 is 23.8 Å². The number of halogens is 2. The zero-order chi connectivity index (χ0) is 24.6. The lowest BCUT2D eigenvalue weighted by Crippen LogP contribution is -2.78. The third-order valence-corrected chi connectivity index (χ3v) is 6.98. The lowest BCUT2D eigenvalue weighted by molar-refractivity contribution is -0.230. The molecule has 3 heterocycles. The van der Waals surface area contributed by atoms with Crippen molar-refractivity contribution in [2.24, 2.45) is 21.5 Å². The number of hydrogen-bond donors (Lipinski definition) is 7. The molecule has 0 radical (unpaired) electrons. The Morgan fingerprint density at radius 2 is 1.97 bits per heavy atom. The second kappa shape index (κ2) is 6.99. The summed E-state index contributed by atoms with van der Waals surface area (Å²) < 4.78 is 28.1. The number of carbonyl (C=O) groups excluding carboxylic acids is 1. The first-order chi connectivity index (χ1) is 15.9. The van der Waals surface area contributed by atoms with Crippen molar-refractivity contribution < 1.29 is 33.7 Å². The Balaban J connectivity index is 1.49. The van der Waals surface area contributed by atoms with Crippen molar-refractivity contribution in [1.29, 1.82) is 0 Å². The molecule has 1 aliphatic carbocycles. The molecule has 182 valence electrons. The van der Waals surface area contributed by atoms with E-state index in [1.165, 1.54) is 11.0 Å². The number of alkyl halides is 2. The molecule has 1 amide bonds. The lowest BCUT2D eigenvalue weighted by atomic mass is 9.84. The number of nitrogens with one attached hydrogen (secondary N) is 2. The molecule has 1 saturated heterocycles. The van der Waals surface area contributed by atoms with Gasteiger partial charge < -0.3 is 42.3 Å². The number of aliphatic carboxylic acids is 1. The number of fused-ring (bicyclic) bond motifs is 1. The predicted octanol–water partition coefficient (Wildman–Crippen LogP) is -2.33. The van der Waals surface area contributed by atoms with Gasteiger partial charge in [-0.15, -0.1) is 0 Å². The van der Waals surface area contributed by atoms with E-state index in [0.29, 0.717) is 5.56 Å². The maximum absolute atomic E-state index is 14.1. The minimum Gasteiger partial charge on any atom is -0.480 e. The number of hydrogen-bond acceptors (Lipinski definition) is 10. The van der Waals surface area contributed by atoms with Crippen LogP contribution in [0.3, 0.4) is 0 Å². The van der Waals surface area contributed by atoms with Crippen LogP contribution in [0.1, 0.15) is 27.9 Å². The number of nitrogens with two attached hydrogens (primary N) is 2. The van der Waals surface area contributed by atoms with Gasteiger partial charge >= 0.3 is 5.97 Å². The van der Waals surface area contributed by atoms with Crippen molar-refractivity contribution in [2.75, 3.05) is 6.54 Å². The molecule has 1 fully saturated rings. The zero-order valence-corrected chi connectivity index (χ0v) is 17.7. The number of rotatable bonds is 3. The van der Waals surface area contributed by atoms with Crippen molar-refractivity contribution in [3.8, 4) is 0 Å². The number of carboxylic acids is 1. The first-order valence-corrected chi connectivity index (χ1v) is 10.6. The first-order valence-electron chi connectivity index (χ1n) is 10.6. The summed E-state index contributed by atoms with van der Waals surface area (Å²) in [4.78, 5) is 34.0. The molecule has 14 heteroatoms. The Morgan fingerprint density at radius 3 is 2.68 bits per heavy atom. The molecule has 4 aliphatic rings. The standard InChI is InChI=1S/C20H23F2N7O5/c21-18(22)5-4-8-2-1-3-9(10(8)6-18)14(30)25-11-7-29-17(24)26-12(15(31)32)13-19(29,20(11,33)34)28-16(23)27-13/h1-3,11-13,33-34H,4-7H2,(H2,24,26)(H,25,30)(H,31,32)(H3,23,27,28)/t11-,12+,13-,19-/m0/s1. The summed E-state index contributed by atoms with van der Waals surface area (Å²) in [5.74, 6) is -8.57. The molecule has 9 N–H and O–H groups in total. The minimum absolute atomic E-state index is 0.00760. The number of nitrogens with zero attached hydrogens (tertiary/aromatic N) is 3. The third kappa shape index (κ3) is 2.94. The van der Waals surface area contributed by atoms with E-state index in [0.717, 1.165) is 0 Å². The molecule has 0 saturated carbocycles. The average molecular weight is 479 g/mol. The molecule has 12 nitrogen and oxygen atoms in total. The normalized spacial score (nSPS) is 32.5. The monoisotopic (exact) mass is 479 g/mol. The van der Waals surface area contributed by atoms with E-state index in [2.05, 4.69) is 20.6 Å². The van der Waals surface area contributed by atoms with Crippen LogP contribution in [0.4, 0.5) is 8.78 Å². The molecule has 0 aromatic heterocycles. The van der Waals surface area contributed by atoms with Crippen LogP contribution in [0.15, 0.2) is 28.2 Å². The van der Waals surface area contributed by atoms with Crippen molar-refractivity contribution in [1.82, 2.24) is 15.5 Å². The van der Waals surface area contributed by atoms with Crippen molar-refractivity contribution in [2.45, 2.75) is 54.8 Å². The Labute approximate surface area is 191 Å². The average Bonchev–Trinajstić information content (AvgIpc) is 3.21. The predicted molar refractivity (Wildman–Crippen MR) is 113 cm³/mol. The molecule has 1 spiro atoms. The topological polar surface area (TPSA) is 199 Å². The van der Waals surface area contributed by atoms with E-state index in [-0.39, 0.29) is 42.4 Å². The SMILES string of the molecule is NC1=N[C@H]2[C@H](C(=O)O)N=C(N)N3C[C@H](NC(=O)c4cccc5c4CC(F)(F)CC5)C(O)(O)[C@]23N1. The van der Waals surface area contributed by atoms with Gasteiger partial charge in [0.25, 0.3) is 11.8 Å². The van der Waals surface area contributed by atoms with E-state index in [1.807, 2.05) is 0 Å². The van der Waals surface area contributed by atoms with E-state index in [1.54, 1.807) is 12.1 Å². The fourth-order valence-electron chi connectivity index (χ4n) is 5.38. The van der Waals surface area contributed by atoms with Gasteiger partial charge in [-0.1, -0.05) is 12.1 Å². The van der Waals surface area contributed by atoms with Crippen LogP contribution in [-0.2, 0) is 17.6 Å². The Bertz CT molecular complexity index is 1160. The van der Waals surface area contributed by atoms with Gasteiger partial charge in [-0.3, -0.25) is 4.79 Å². The summed E-state index contributed by atoms with van der Waals surface area (Å²) in [5, 5.41) is 37.2. The summed E-state index contributed by atoms with van der Waals surface area (Å²) in [7, 11) is 0.